The zero-order valence-corrected chi connectivity index (χ0v) is 20.6. The lowest BCUT2D eigenvalue weighted by atomic mass is 9.48. The minimum Gasteiger partial charge on any atom is -0.390 e. The van der Waals surface area contributed by atoms with Crippen LogP contribution < -0.4 is 0 Å². The van der Waals surface area contributed by atoms with Crippen LogP contribution in [0.3, 0.4) is 0 Å². The van der Waals surface area contributed by atoms with Gasteiger partial charge in [-0.25, -0.2) is 0 Å². The van der Waals surface area contributed by atoms with Crippen molar-refractivity contribution in [3.8, 4) is 0 Å². The van der Waals surface area contributed by atoms with Crippen LogP contribution in [-0.2, 0) is 0 Å². The molecule has 3 heteroatoms. The molecule has 1 N–H and O–H groups in total. The monoisotopic (exact) mass is 437 g/mol. The van der Waals surface area contributed by atoms with Gasteiger partial charge in [0.05, 0.1) is 5.60 Å². The van der Waals surface area contributed by atoms with Crippen molar-refractivity contribution in [3.05, 3.63) is 35.9 Å². The van der Waals surface area contributed by atoms with Gasteiger partial charge in [0.2, 0.25) is 0 Å². The first kappa shape index (κ1) is 22.4. The van der Waals surface area contributed by atoms with Crippen molar-refractivity contribution in [1.82, 2.24) is 4.90 Å². The molecule has 0 aromatic heterocycles. The van der Waals surface area contributed by atoms with Crippen molar-refractivity contribution < 1.29 is 9.90 Å². The predicted octanol–water partition coefficient (Wildman–Crippen LogP) is 6.17. The van der Waals surface area contributed by atoms with Gasteiger partial charge in [-0.1, -0.05) is 25.1 Å². The average molecular weight is 438 g/mol. The van der Waals surface area contributed by atoms with E-state index in [1.54, 1.807) is 0 Å². The third kappa shape index (κ3) is 3.63. The maximum atomic E-state index is 13.2. The summed E-state index contributed by atoms with van der Waals surface area (Å²) in [7, 11) is 2.02. The molecule has 0 spiro atoms. The van der Waals surface area contributed by atoms with Gasteiger partial charge in [0.25, 0.3) is 5.91 Å². The summed E-state index contributed by atoms with van der Waals surface area (Å²) < 4.78 is 0. The van der Waals surface area contributed by atoms with Gasteiger partial charge in [0.1, 0.15) is 0 Å². The van der Waals surface area contributed by atoms with Gasteiger partial charge in [-0.05, 0) is 125 Å². The lowest BCUT2D eigenvalue weighted by Gasteiger charge is -2.57. The van der Waals surface area contributed by atoms with Gasteiger partial charge in [-0.3, -0.25) is 4.79 Å². The minimum absolute atomic E-state index is 0.161. The number of carbonyl (C=O) groups is 1. The highest BCUT2D eigenvalue weighted by atomic mass is 16.3. The van der Waals surface area contributed by atoms with Crippen molar-refractivity contribution in [3.63, 3.8) is 0 Å². The molecule has 0 saturated heterocycles. The van der Waals surface area contributed by atoms with Crippen LogP contribution in [0.4, 0.5) is 0 Å². The molecule has 1 unspecified atom stereocenters. The SMILES string of the molecule is C[C@H](C1CC[C@H]2[C@@H]3CC[C@@H]4C[C@](C)(O)CC[C@@H]4[C@H]3CC[C@]12C)N(C)C(=O)c1ccccc1. The van der Waals surface area contributed by atoms with Gasteiger partial charge in [-0.2, -0.15) is 0 Å². The third-order valence-corrected chi connectivity index (χ3v) is 10.8. The normalized spacial score (nSPS) is 44.2. The summed E-state index contributed by atoms with van der Waals surface area (Å²) in [5.74, 6) is 4.90. The van der Waals surface area contributed by atoms with Crippen LogP contribution in [0.5, 0.6) is 0 Å². The van der Waals surface area contributed by atoms with E-state index in [0.717, 1.165) is 48.0 Å². The number of carbonyl (C=O) groups excluding carboxylic acids is 1. The second kappa shape index (κ2) is 8.15. The van der Waals surface area contributed by atoms with Crippen LogP contribution in [0.1, 0.15) is 88.9 Å². The van der Waals surface area contributed by atoms with E-state index in [2.05, 4.69) is 20.8 Å². The van der Waals surface area contributed by atoms with Crippen LogP contribution in [0.2, 0.25) is 0 Å². The van der Waals surface area contributed by atoms with E-state index in [1.165, 1.54) is 44.9 Å². The van der Waals surface area contributed by atoms with E-state index in [0.29, 0.717) is 11.3 Å². The molecule has 0 bridgehead atoms. The number of rotatable bonds is 3. The van der Waals surface area contributed by atoms with Gasteiger partial charge in [0, 0.05) is 18.7 Å². The Morgan fingerprint density at radius 2 is 1.69 bits per heavy atom. The highest BCUT2D eigenvalue weighted by Crippen LogP contribution is 2.65. The second-order valence-electron chi connectivity index (χ2n) is 12.4. The summed E-state index contributed by atoms with van der Waals surface area (Å²) in [5.41, 5.74) is 0.733. The second-order valence-corrected chi connectivity index (χ2v) is 12.4. The van der Waals surface area contributed by atoms with Gasteiger partial charge in [-0.15, -0.1) is 0 Å². The third-order valence-electron chi connectivity index (χ3n) is 10.8. The number of benzene rings is 1. The topological polar surface area (TPSA) is 40.5 Å². The zero-order chi connectivity index (χ0) is 22.7. The van der Waals surface area contributed by atoms with Gasteiger partial charge < -0.3 is 10.0 Å². The molecule has 0 heterocycles. The van der Waals surface area contributed by atoms with Crippen molar-refractivity contribution >= 4 is 5.91 Å². The van der Waals surface area contributed by atoms with Crippen LogP contribution in [0.25, 0.3) is 0 Å². The molecule has 3 nitrogen and oxygen atoms in total. The van der Waals surface area contributed by atoms with Crippen molar-refractivity contribution in [1.29, 1.82) is 0 Å². The predicted molar refractivity (Wildman–Crippen MR) is 129 cm³/mol. The highest BCUT2D eigenvalue weighted by Gasteiger charge is 2.58. The molecular weight excluding hydrogens is 394 g/mol. The molecule has 176 valence electrons. The molecule has 4 fully saturated rings. The molecule has 32 heavy (non-hydrogen) atoms. The van der Waals surface area contributed by atoms with E-state index in [-0.39, 0.29) is 11.9 Å². The van der Waals surface area contributed by atoms with Crippen molar-refractivity contribution in [2.75, 3.05) is 7.05 Å². The molecule has 1 aromatic carbocycles. The Bertz CT molecular complexity index is 835. The lowest BCUT2D eigenvalue weighted by Crippen LogP contribution is -2.52. The first-order chi connectivity index (χ1) is 15.2. The fourth-order valence-corrected chi connectivity index (χ4v) is 9.15. The summed E-state index contributed by atoms with van der Waals surface area (Å²) >= 11 is 0. The first-order valence-corrected chi connectivity index (χ1v) is 13.3. The maximum absolute atomic E-state index is 13.2. The van der Waals surface area contributed by atoms with E-state index < -0.39 is 5.60 Å². The number of hydrogen-bond donors (Lipinski definition) is 1. The number of hydrogen-bond acceptors (Lipinski definition) is 2. The fourth-order valence-electron chi connectivity index (χ4n) is 9.15. The number of amides is 1. The molecule has 0 aliphatic heterocycles. The summed E-state index contributed by atoms with van der Waals surface area (Å²) in [4.78, 5) is 15.2. The van der Waals surface area contributed by atoms with E-state index in [1.807, 2.05) is 42.3 Å². The van der Waals surface area contributed by atoms with Crippen LogP contribution in [-0.4, -0.2) is 34.6 Å². The smallest absolute Gasteiger partial charge is 0.253 e. The Morgan fingerprint density at radius 1 is 0.969 bits per heavy atom. The Morgan fingerprint density at radius 3 is 2.44 bits per heavy atom. The molecule has 4 aliphatic carbocycles. The quantitative estimate of drug-likeness (QED) is 0.614. The summed E-state index contributed by atoms with van der Waals surface area (Å²) in [5, 5.41) is 10.6. The molecule has 9 atom stereocenters. The molecule has 1 amide bonds. The Kier molecular flexibility index (Phi) is 5.72. The number of aliphatic hydroxyl groups is 1. The molecule has 4 saturated carbocycles. The Hall–Kier alpha value is -1.35. The first-order valence-electron chi connectivity index (χ1n) is 13.3. The molecule has 5 rings (SSSR count). The van der Waals surface area contributed by atoms with Gasteiger partial charge in [0.15, 0.2) is 0 Å². The van der Waals surface area contributed by atoms with Crippen LogP contribution in [0, 0.1) is 40.9 Å². The minimum atomic E-state index is -0.430. The van der Waals surface area contributed by atoms with Crippen LogP contribution in [0.15, 0.2) is 30.3 Å². The van der Waals surface area contributed by atoms with Crippen molar-refractivity contribution in [2.45, 2.75) is 90.2 Å². The van der Waals surface area contributed by atoms with Crippen LogP contribution >= 0.6 is 0 Å². The Labute approximate surface area is 195 Å². The largest absolute Gasteiger partial charge is 0.390 e. The summed E-state index contributed by atoms with van der Waals surface area (Å²) in [6, 6.07) is 10.0. The Balaban J connectivity index is 1.31. The zero-order valence-electron chi connectivity index (χ0n) is 20.6. The van der Waals surface area contributed by atoms with Crippen molar-refractivity contribution in [2.24, 2.45) is 40.9 Å². The molecule has 4 aliphatic rings. The lowest BCUT2D eigenvalue weighted by molar-refractivity contribution is -0.103. The van der Waals surface area contributed by atoms with E-state index >= 15 is 0 Å². The van der Waals surface area contributed by atoms with E-state index in [9.17, 15) is 9.90 Å². The summed E-state index contributed by atoms with van der Waals surface area (Å²) in [6.45, 7) is 6.93. The fraction of sp³-hybridized carbons (Fsp3) is 0.759. The van der Waals surface area contributed by atoms with Gasteiger partial charge >= 0.3 is 0 Å². The molecular formula is C29H43NO2. The highest BCUT2D eigenvalue weighted by molar-refractivity contribution is 5.94. The van der Waals surface area contributed by atoms with E-state index in [4.69, 9.17) is 0 Å². The molecule has 1 aromatic rings. The maximum Gasteiger partial charge on any atom is 0.253 e. The number of fused-ring (bicyclic) bond motifs is 5. The average Bonchev–Trinajstić information content (AvgIpc) is 3.14. The molecule has 0 radical (unpaired) electrons. The standard InChI is InChI=1S/C29H43NO2/c1-19(30(4)27(31)20-8-6-5-7-9-20)25-12-13-26-24-11-10-21-18-28(2,32)16-14-22(21)23(24)15-17-29(25,26)3/h5-9,19,21-26,32H,10-18H2,1-4H3/t19-,21-,22+,23-,24-,25?,26+,28-,29-/m1/s1. The summed E-state index contributed by atoms with van der Waals surface area (Å²) in [6.07, 6.45) is 11.2. The number of nitrogens with zero attached hydrogens (tertiary/aromatic N) is 1.